The van der Waals surface area contributed by atoms with Gasteiger partial charge in [0, 0.05) is 22.0 Å². The molecule has 0 radical (unpaired) electrons. The molecule has 5 nitrogen and oxygen atoms in total. The predicted molar refractivity (Wildman–Crippen MR) is 102 cm³/mol. The molecule has 2 aromatic heterocycles. The number of amides is 1. The van der Waals surface area contributed by atoms with Crippen molar-refractivity contribution in [3.63, 3.8) is 0 Å². The molecule has 0 saturated heterocycles. The molecule has 0 aliphatic rings. The van der Waals surface area contributed by atoms with Gasteiger partial charge in [0.15, 0.2) is 0 Å². The highest BCUT2D eigenvalue weighted by Crippen LogP contribution is 2.31. The van der Waals surface area contributed by atoms with E-state index >= 15 is 0 Å². The second kappa shape index (κ2) is 7.37. The number of fused-ring (bicyclic) bond motifs is 1. The van der Waals surface area contributed by atoms with E-state index in [2.05, 4.69) is 10.3 Å². The Kier molecular flexibility index (Phi) is 5.20. The number of nitrogens with zero attached hydrogens (tertiary/aromatic N) is 2. The summed E-state index contributed by atoms with van der Waals surface area (Å²) in [7, 11) is 0. The van der Waals surface area contributed by atoms with Crippen LogP contribution in [0.3, 0.4) is 0 Å². The average molecular weight is 376 g/mol. The zero-order valence-electron chi connectivity index (χ0n) is 14.0. The van der Waals surface area contributed by atoms with Crippen LogP contribution in [-0.2, 0) is 11.3 Å². The topological polar surface area (TPSA) is 64.0 Å². The minimum atomic E-state index is -0.212. The van der Waals surface area contributed by atoms with E-state index in [9.17, 15) is 9.59 Å². The summed E-state index contributed by atoms with van der Waals surface area (Å²) in [5.41, 5.74) is 1.50. The summed E-state index contributed by atoms with van der Waals surface area (Å²) >= 11 is 7.35. The first-order chi connectivity index (χ1) is 12.0. The van der Waals surface area contributed by atoms with Crippen molar-refractivity contribution in [1.29, 1.82) is 0 Å². The Bertz CT molecular complexity index is 963. The molecule has 1 N–H and O–H groups in total. The van der Waals surface area contributed by atoms with E-state index in [0.717, 1.165) is 17.5 Å². The molecular weight excluding hydrogens is 358 g/mol. The van der Waals surface area contributed by atoms with Gasteiger partial charge in [0.05, 0.1) is 11.7 Å². The lowest BCUT2D eigenvalue weighted by atomic mass is 10.1. The number of benzene rings is 1. The van der Waals surface area contributed by atoms with E-state index in [1.165, 1.54) is 22.2 Å². The maximum absolute atomic E-state index is 12.9. The number of rotatable bonds is 5. The number of carbonyl (C=O) groups is 1. The third-order valence-corrected chi connectivity index (χ3v) is 5.19. The molecule has 0 unspecified atom stereocenters. The maximum Gasteiger partial charge on any atom is 0.263 e. The van der Waals surface area contributed by atoms with Gasteiger partial charge in [-0.2, -0.15) is 0 Å². The lowest BCUT2D eigenvalue weighted by Gasteiger charge is -2.12. The first kappa shape index (κ1) is 17.6. The Morgan fingerprint density at radius 1 is 1.36 bits per heavy atom. The molecule has 0 spiro atoms. The highest BCUT2D eigenvalue weighted by Gasteiger charge is 2.15. The van der Waals surface area contributed by atoms with Crippen LogP contribution in [0.1, 0.15) is 20.3 Å². The summed E-state index contributed by atoms with van der Waals surface area (Å²) in [5, 5.41) is 5.94. The van der Waals surface area contributed by atoms with Crippen molar-refractivity contribution in [2.75, 3.05) is 0 Å². The highest BCUT2D eigenvalue weighted by atomic mass is 35.5. The van der Waals surface area contributed by atoms with Crippen LogP contribution < -0.4 is 10.9 Å². The molecule has 0 saturated carbocycles. The third-order valence-electron chi connectivity index (χ3n) is 4.05. The number of halogens is 1. The Hall–Kier alpha value is -2.18. The zero-order chi connectivity index (χ0) is 18.0. The molecule has 130 valence electrons. The second-order valence-electron chi connectivity index (χ2n) is 5.89. The van der Waals surface area contributed by atoms with Crippen molar-refractivity contribution >= 4 is 39.1 Å². The molecule has 1 atom stereocenters. The molecule has 3 rings (SSSR count). The van der Waals surface area contributed by atoms with Crippen LogP contribution in [0.4, 0.5) is 0 Å². The lowest BCUT2D eigenvalue weighted by molar-refractivity contribution is -0.122. The van der Waals surface area contributed by atoms with Gasteiger partial charge in [-0.3, -0.25) is 14.2 Å². The summed E-state index contributed by atoms with van der Waals surface area (Å²) in [6, 6.07) is 7.39. The molecule has 0 aliphatic heterocycles. The fourth-order valence-corrected chi connectivity index (χ4v) is 3.53. The average Bonchev–Trinajstić information content (AvgIpc) is 3.02. The summed E-state index contributed by atoms with van der Waals surface area (Å²) in [6.07, 6.45) is 2.27. The van der Waals surface area contributed by atoms with E-state index in [4.69, 9.17) is 11.6 Å². The van der Waals surface area contributed by atoms with E-state index in [1.807, 2.05) is 31.4 Å². The molecule has 7 heteroatoms. The molecule has 1 aromatic carbocycles. The van der Waals surface area contributed by atoms with Crippen molar-refractivity contribution in [3.05, 3.63) is 51.3 Å². The summed E-state index contributed by atoms with van der Waals surface area (Å²) < 4.78 is 1.35. The molecule has 2 heterocycles. The highest BCUT2D eigenvalue weighted by molar-refractivity contribution is 7.17. The third kappa shape index (κ3) is 3.75. The Morgan fingerprint density at radius 2 is 2.08 bits per heavy atom. The minimum absolute atomic E-state index is 0.0397. The van der Waals surface area contributed by atoms with Crippen LogP contribution in [0.5, 0.6) is 0 Å². The number of aromatic nitrogens is 2. The smallest absolute Gasteiger partial charge is 0.263 e. The van der Waals surface area contributed by atoms with Gasteiger partial charge in [-0.25, -0.2) is 4.98 Å². The fraction of sp³-hybridized carbons (Fsp3) is 0.278. The van der Waals surface area contributed by atoms with Crippen molar-refractivity contribution in [2.24, 2.45) is 0 Å². The molecule has 25 heavy (non-hydrogen) atoms. The first-order valence-electron chi connectivity index (χ1n) is 8.01. The molecule has 0 aliphatic carbocycles. The lowest BCUT2D eigenvalue weighted by Crippen LogP contribution is -2.37. The van der Waals surface area contributed by atoms with Crippen LogP contribution in [0.25, 0.3) is 21.3 Å². The SMILES string of the molecule is CC[C@H](C)NC(=O)Cn1cnc2scc(-c3ccc(Cl)cc3)c2c1=O. The van der Waals surface area contributed by atoms with Crippen molar-refractivity contribution < 1.29 is 4.79 Å². The Labute approximate surface area is 154 Å². The fourth-order valence-electron chi connectivity index (χ4n) is 2.50. The summed E-state index contributed by atoms with van der Waals surface area (Å²) in [5.74, 6) is -0.194. The van der Waals surface area contributed by atoms with Gasteiger partial charge in [0.25, 0.3) is 5.56 Å². The van der Waals surface area contributed by atoms with Crippen LogP contribution in [0, 0.1) is 0 Å². The van der Waals surface area contributed by atoms with Gasteiger partial charge in [0.2, 0.25) is 5.91 Å². The zero-order valence-corrected chi connectivity index (χ0v) is 15.5. The van der Waals surface area contributed by atoms with Crippen molar-refractivity contribution in [1.82, 2.24) is 14.9 Å². The van der Waals surface area contributed by atoms with E-state index in [1.54, 1.807) is 12.1 Å². The Balaban J connectivity index is 1.99. The number of carbonyl (C=O) groups excluding carboxylic acids is 1. The monoisotopic (exact) mass is 375 g/mol. The first-order valence-corrected chi connectivity index (χ1v) is 9.27. The maximum atomic E-state index is 12.9. The van der Waals surface area contributed by atoms with Crippen LogP contribution >= 0.6 is 22.9 Å². The molecule has 0 bridgehead atoms. The van der Waals surface area contributed by atoms with Crippen LogP contribution in [0.2, 0.25) is 5.02 Å². The van der Waals surface area contributed by atoms with Gasteiger partial charge in [-0.15, -0.1) is 11.3 Å². The van der Waals surface area contributed by atoms with Gasteiger partial charge >= 0.3 is 0 Å². The van der Waals surface area contributed by atoms with E-state index in [0.29, 0.717) is 15.2 Å². The Morgan fingerprint density at radius 3 is 2.76 bits per heavy atom. The standard InChI is InChI=1S/C18H18ClN3O2S/c1-3-11(2)21-15(23)8-22-10-20-17-16(18(22)24)14(9-25-17)12-4-6-13(19)7-5-12/h4-7,9-11H,3,8H2,1-2H3,(H,21,23)/t11-/m0/s1. The minimum Gasteiger partial charge on any atom is -0.352 e. The number of nitrogens with one attached hydrogen (secondary N) is 1. The molecule has 3 aromatic rings. The predicted octanol–water partition coefficient (Wildman–Crippen LogP) is 3.69. The van der Waals surface area contributed by atoms with Gasteiger partial charge in [0.1, 0.15) is 11.4 Å². The largest absolute Gasteiger partial charge is 0.352 e. The number of hydrogen-bond donors (Lipinski definition) is 1. The van der Waals surface area contributed by atoms with Crippen molar-refractivity contribution in [3.8, 4) is 11.1 Å². The van der Waals surface area contributed by atoms with Crippen molar-refractivity contribution in [2.45, 2.75) is 32.9 Å². The van der Waals surface area contributed by atoms with Crippen LogP contribution in [-0.4, -0.2) is 21.5 Å². The summed E-state index contributed by atoms with van der Waals surface area (Å²) in [6.45, 7) is 3.89. The van der Waals surface area contributed by atoms with Gasteiger partial charge in [-0.05, 0) is 31.0 Å². The van der Waals surface area contributed by atoms with E-state index < -0.39 is 0 Å². The quantitative estimate of drug-likeness (QED) is 0.739. The second-order valence-corrected chi connectivity index (χ2v) is 7.19. The van der Waals surface area contributed by atoms with Gasteiger partial charge < -0.3 is 5.32 Å². The molecule has 0 fully saturated rings. The van der Waals surface area contributed by atoms with E-state index in [-0.39, 0.29) is 24.1 Å². The number of hydrogen-bond acceptors (Lipinski definition) is 4. The molecule has 1 amide bonds. The normalized spacial score (nSPS) is 12.3. The van der Waals surface area contributed by atoms with Crippen LogP contribution in [0.15, 0.2) is 40.8 Å². The van der Waals surface area contributed by atoms with Gasteiger partial charge in [-0.1, -0.05) is 30.7 Å². The summed E-state index contributed by atoms with van der Waals surface area (Å²) in [4.78, 5) is 29.9. The molecular formula is C18H18ClN3O2S. The number of thiophene rings is 1.